The van der Waals surface area contributed by atoms with Crippen molar-refractivity contribution in [1.29, 1.82) is 0 Å². The van der Waals surface area contributed by atoms with Crippen LogP contribution in [0, 0.1) is 0 Å². The Bertz CT molecular complexity index is 393. The Morgan fingerprint density at radius 1 is 1.17 bits per heavy atom. The van der Waals surface area contributed by atoms with E-state index in [4.69, 9.17) is 4.74 Å². The Morgan fingerprint density at radius 2 is 1.83 bits per heavy atom. The summed E-state index contributed by atoms with van der Waals surface area (Å²) in [5.74, 6) is -4.26. The second kappa shape index (κ2) is 5.56. The van der Waals surface area contributed by atoms with Crippen LogP contribution in [0.15, 0.2) is 24.3 Å². The van der Waals surface area contributed by atoms with Crippen molar-refractivity contribution in [2.45, 2.75) is 25.4 Å². The number of hydrogen-bond acceptors (Lipinski definition) is 2. The molecule has 1 aromatic rings. The number of ether oxygens (including phenoxy) is 2. The minimum absolute atomic E-state index is 0.126. The fourth-order valence-corrected chi connectivity index (χ4v) is 1.26. The van der Waals surface area contributed by atoms with E-state index in [1.165, 1.54) is 12.1 Å². The van der Waals surface area contributed by atoms with Crippen molar-refractivity contribution in [1.82, 2.24) is 0 Å². The molecule has 0 bridgehead atoms. The number of hydrogen-bond donors (Lipinski definition) is 0. The molecule has 0 unspecified atom stereocenters. The van der Waals surface area contributed by atoms with Crippen molar-refractivity contribution in [2.75, 3.05) is 13.7 Å². The van der Waals surface area contributed by atoms with Gasteiger partial charge in [-0.15, -0.1) is 0 Å². The Morgan fingerprint density at radius 3 is 2.39 bits per heavy atom. The van der Waals surface area contributed by atoms with Gasteiger partial charge >= 0.3 is 12.0 Å². The molecular weight excluding hydrogens is 252 g/mol. The summed E-state index contributed by atoms with van der Waals surface area (Å²) in [7, 11) is 0.519. The van der Waals surface area contributed by atoms with E-state index in [0.717, 1.165) is 5.56 Å². The van der Waals surface area contributed by atoms with E-state index in [2.05, 4.69) is 4.74 Å². The summed E-state index contributed by atoms with van der Waals surface area (Å²) < 4.78 is 59.8. The van der Waals surface area contributed by atoms with Crippen molar-refractivity contribution < 1.29 is 27.0 Å². The van der Waals surface area contributed by atoms with Crippen LogP contribution in [0.2, 0.25) is 0 Å². The third kappa shape index (κ3) is 3.35. The number of aryl methyl sites for hydroxylation is 1. The van der Waals surface area contributed by atoms with Crippen molar-refractivity contribution in [3.8, 4) is 5.75 Å². The summed E-state index contributed by atoms with van der Waals surface area (Å²) in [5.41, 5.74) is 0.870. The molecule has 0 saturated heterocycles. The summed E-state index contributed by atoms with van der Waals surface area (Å²) >= 11 is 0. The van der Waals surface area contributed by atoms with Gasteiger partial charge in [0, 0.05) is 7.11 Å². The average molecular weight is 266 g/mol. The van der Waals surface area contributed by atoms with Gasteiger partial charge in [-0.2, -0.15) is 17.6 Å². The third-order valence-corrected chi connectivity index (χ3v) is 2.41. The molecule has 0 aliphatic rings. The van der Waals surface area contributed by atoms with Gasteiger partial charge in [-0.25, -0.2) is 0 Å². The van der Waals surface area contributed by atoms with Crippen molar-refractivity contribution in [3.63, 3.8) is 0 Å². The predicted octanol–water partition coefficient (Wildman–Crippen LogP) is 3.50. The van der Waals surface area contributed by atoms with Crippen LogP contribution in [0.3, 0.4) is 0 Å². The molecule has 0 N–H and O–H groups in total. The first-order valence-electron chi connectivity index (χ1n) is 5.35. The lowest BCUT2D eigenvalue weighted by Crippen LogP contribution is -2.46. The van der Waals surface area contributed by atoms with Crippen LogP contribution in [0.25, 0.3) is 0 Å². The van der Waals surface area contributed by atoms with Gasteiger partial charge in [0.15, 0.2) is 6.61 Å². The van der Waals surface area contributed by atoms with E-state index in [0.29, 0.717) is 13.5 Å². The van der Waals surface area contributed by atoms with Crippen LogP contribution in [-0.4, -0.2) is 25.7 Å². The van der Waals surface area contributed by atoms with Gasteiger partial charge in [0.2, 0.25) is 0 Å². The van der Waals surface area contributed by atoms with Gasteiger partial charge in [0.05, 0.1) is 0 Å². The second-order valence-electron chi connectivity index (χ2n) is 3.71. The predicted molar refractivity (Wildman–Crippen MR) is 58.2 cm³/mol. The molecule has 102 valence electrons. The molecule has 0 aliphatic carbocycles. The maximum absolute atomic E-state index is 13.1. The Hall–Kier alpha value is -1.30. The van der Waals surface area contributed by atoms with Gasteiger partial charge in [-0.3, -0.25) is 0 Å². The fourth-order valence-electron chi connectivity index (χ4n) is 1.26. The molecule has 0 heterocycles. The Kier molecular flexibility index (Phi) is 4.56. The zero-order chi connectivity index (χ0) is 13.8. The molecule has 0 fully saturated rings. The van der Waals surface area contributed by atoms with Crippen molar-refractivity contribution >= 4 is 0 Å². The minimum Gasteiger partial charge on any atom is -0.487 e. The van der Waals surface area contributed by atoms with E-state index in [1.54, 1.807) is 12.1 Å². The van der Waals surface area contributed by atoms with Crippen LogP contribution < -0.4 is 4.74 Å². The molecule has 18 heavy (non-hydrogen) atoms. The molecule has 0 aromatic heterocycles. The normalized spacial score (nSPS) is 12.6. The Balaban J connectivity index is 2.69. The van der Waals surface area contributed by atoms with Gasteiger partial charge < -0.3 is 9.47 Å². The minimum atomic E-state index is -4.55. The highest BCUT2D eigenvalue weighted by molar-refractivity contribution is 5.28. The van der Waals surface area contributed by atoms with Crippen molar-refractivity contribution in [2.24, 2.45) is 0 Å². The molecule has 0 spiro atoms. The van der Waals surface area contributed by atoms with Gasteiger partial charge in [0.1, 0.15) is 5.75 Å². The molecule has 1 rings (SSSR count). The van der Waals surface area contributed by atoms with Gasteiger partial charge in [0.25, 0.3) is 0 Å². The van der Waals surface area contributed by atoms with Crippen LogP contribution in [0.4, 0.5) is 17.6 Å². The van der Waals surface area contributed by atoms with Gasteiger partial charge in [-0.05, 0) is 24.1 Å². The largest absolute Gasteiger partial charge is 0.487 e. The monoisotopic (exact) mass is 266 g/mol. The molecule has 2 nitrogen and oxygen atoms in total. The van der Waals surface area contributed by atoms with Crippen LogP contribution in [0.5, 0.6) is 5.75 Å². The smallest absolute Gasteiger partial charge is 0.422 e. The first-order chi connectivity index (χ1) is 8.32. The summed E-state index contributed by atoms with van der Waals surface area (Å²) in [6, 6.07) is 6.36. The maximum Gasteiger partial charge on any atom is 0.422 e. The first kappa shape index (κ1) is 14.8. The average Bonchev–Trinajstić information content (AvgIpc) is 2.36. The highest BCUT2D eigenvalue weighted by atomic mass is 19.3. The zero-order valence-corrected chi connectivity index (χ0v) is 10.1. The van der Waals surface area contributed by atoms with E-state index >= 15 is 0 Å². The molecule has 0 saturated carbocycles. The van der Waals surface area contributed by atoms with Crippen LogP contribution >= 0.6 is 0 Å². The quantitative estimate of drug-likeness (QED) is 0.734. The number of halogens is 4. The Labute approximate surface area is 103 Å². The molecule has 0 radical (unpaired) electrons. The molecule has 0 atom stereocenters. The van der Waals surface area contributed by atoms with E-state index in [9.17, 15) is 17.6 Å². The topological polar surface area (TPSA) is 18.5 Å². The highest BCUT2D eigenvalue weighted by Crippen LogP contribution is 2.35. The lowest BCUT2D eigenvalue weighted by atomic mass is 10.2. The zero-order valence-electron chi connectivity index (χ0n) is 10.1. The number of alkyl halides is 4. The van der Waals surface area contributed by atoms with Gasteiger partial charge in [-0.1, -0.05) is 19.1 Å². The summed E-state index contributed by atoms with van der Waals surface area (Å²) in [6.07, 6.45) is -3.85. The first-order valence-corrected chi connectivity index (χ1v) is 5.35. The lowest BCUT2D eigenvalue weighted by Gasteiger charge is -2.24. The molecular formula is C12H14F4O2. The summed E-state index contributed by atoms with van der Waals surface area (Å²) in [6.45, 7) is 0.438. The SMILES string of the molecule is CCc1cccc(OCC(F)(F)C(F)(F)OC)c1. The maximum atomic E-state index is 13.1. The molecule has 0 aliphatic heterocycles. The second-order valence-corrected chi connectivity index (χ2v) is 3.71. The molecule has 1 aromatic carbocycles. The fraction of sp³-hybridized carbons (Fsp3) is 0.500. The molecule has 0 amide bonds. The standard InChI is InChI=1S/C12H14F4O2/c1-3-9-5-4-6-10(7-9)18-8-11(13,14)12(15,16)17-2/h4-7H,3,8H2,1-2H3. The van der Waals surface area contributed by atoms with E-state index in [1.807, 2.05) is 6.92 Å². The third-order valence-electron chi connectivity index (χ3n) is 2.41. The number of methoxy groups -OCH3 is 1. The molecule has 6 heteroatoms. The van der Waals surface area contributed by atoms with E-state index in [-0.39, 0.29) is 5.75 Å². The van der Waals surface area contributed by atoms with Crippen LogP contribution in [-0.2, 0) is 11.2 Å². The highest BCUT2D eigenvalue weighted by Gasteiger charge is 2.58. The summed E-state index contributed by atoms with van der Waals surface area (Å²) in [5, 5.41) is 0. The van der Waals surface area contributed by atoms with E-state index < -0.39 is 18.6 Å². The van der Waals surface area contributed by atoms with Crippen LogP contribution in [0.1, 0.15) is 12.5 Å². The number of benzene rings is 1. The number of rotatable bonds is 6. The van der Waals surface area contributed by atoms with Crippen molar-refractivity contribution in [3.05, 3.63) is 29.8 Å². The summed E-state index contributed by atoms with van der Waals surface area (Å²) in [4.78, 5) is 0. The lowest BCUT2D eigenvalue weighted by molar-refractivity contribution is -0.342.